The molecule has 1 saturated heterocycles. The lowest BCUT2D eigenvalue weighted by atomic mass is 9.74. The predicted molar refractivity (Wildman–Crippen MR) is 66.7 cm³/mol. The molecule has 110 valence electrons. The Labute approximate surface area is 115 Å². The molecule has 3 N–H and O–H groups in total. The van der Waals surface area contributed by atoms with Gasteiger partial charge in [0.05, 0.1) is 12.0 Å². The molecule has 1 aliphatic carbocycles. The lowest BCUT2D eigenvalue weighted by Gasteiger charge is -2.43. The molecule has 0 aromatic heterocycles. The maximum absolute atomic E-state index is 12.2. The van der Waals surface area contributed by atoms with Gasteiger partial charge in [-0.1, -0.05) is 0 Å². The molecular weight excluding hydrogens is 266 g/mol. The summed E-state index contributed by atoms with van der Waals surface area (Å²) in [5.74, 6) is -2.05. The molecule has 4 amide bonds. The molecule has 2 rings (SSSR count). The first-order valence-corrected chi connectivity index (χ1v) is 6.47. The van der Waals surface area contributed by atoms with E-state index in [9.17, 15) is 19.2 Å². The highest BCUT2D eigenvalue weighted by atomic mass is 16.4. The largest absolute Gasteiger partial charge is 0.481 e. The summed E-state index contributed by atoms with van der Waals surface area (Å²) in [7, 11) is 0. The molecule has 0 bridgehead atoms. The smallest absolute Gasteiger partial charge is 0.318 e. The van der Waals surface area contributed by atoms with Gasteiger partial charge in [-0.25, -0.2) is 4.79 Å². The van der Waals surface area contributed by atoms with E-state index in [0.717, 1.165) is 11.3 Å². The van der Waals surface area contributed by atoms with Gasteiger partial charge in [0.15, 0.2) is 0 Å². The van der Waals surface area contributed by atoms with E-state index in [1.165, 1.54) is 6.92 Å². The molecule has 0 aromatic rings. The highest BCUT2D eigenvalue weighted by molar-refractivity contribution is 6.03. The molecule has 2 fully saturated rings. The van der Waals surface area contributed by atoms with E-state index in [1.54, 1.807) is 0 Å². The highest BCUT2D eigenvalue weighted by Crippen LogP contribution is 2.35. The first-order chi connectivity index (χ1) is 9.33. The number of aliphatic carboxylic acids is 1. The molecule has 2 aliphatic rings. The van der Waals surface area contributed by atoms with Crippen LogP contribution in [-0.2, 0) is 14.4 Å². The van der Waals surface area contributed by atoms with Crippen molar-refractivity contribution in [1.82, 2.24) is 15.5 Å². The van der Waals surface area contributed by atoms with Gasteiger partial charge in [-0.05, 0) is 26.2 Å². The summed E-state index contributed by atoms with van der Waals surface area (Å²) >= 11 is 0. The van der Waals surface area contributed by atoms with Gasteiger partial charge in [0.25, 0.3) is 0 Å². The first-order valence-electron chi connectivity index (χ1n) is 6.47. The predicted octanol–water partition coefficient (Wildman–Crippen LogP) is -0.560. The lowest BCUT2D eigenvalue weighted by molar-refractivity contribution is -0.141. The van der Waals surface area contributed by atoms with Gasteiger partial charge in [-0.3, -0.25) is 19.7 Å². The molecule has 0 aromatic carbocycles. The number of hydrogen-bond acceptors (Lipinski definition) is 4. The topological polar surface area (TPSA) is 116 Å². The van der Waals surface area contributed by atoms with E-state index < -0.39 is 35.4 Å². The fourth-order valence-electron chi connectivity index (χ4n) is 2.50. The van der Waals surface area contributed by atoms with Gasteiger partial charge < -0.3 is 15.3 Å². The van der Waals surface area contributed by atoms with Crippen molar-refractivity contribution in [3.63, 3.8) is 0 Å². The normalized spacial score (nSPS) is 24.6. The molecular formula is C12H17N3O5. The minimum atomic E-state index is -0.981. The summed E-state index contributed by atoms with van der Waals surface area (Å²) < 4.78 is 0. The van der Waals surface area contributed by atoms with Crippen LogP contribution in [-0.4, -0.2) is 51.9 Å². The third-order valence-corrected chi connectivity index (χ3v) is 3.86. The van der Waals surface area contributed by atoms with Crippen molar-refractivity contribution >= 4 is 23.8 Å². The summed E-state index contributed by atoms with van der Waals surface area (Å²) in [5, 5.41) is 13.7. The Morgan fingerprint density at radius 2 is 2.10 bits per heavy atom. The van der Waals surface area contributed by atoms with Gasteiger partial charge in [-0.15, -0.1) is 0 Å². The van der Waals surface area contributed by atoms with Crippen LogP contribution in [0.1, 0.15) is 32.6 Å². The number of nitrogens with zero attached hydrogens (tertiary/aromatic N) is 1. The number of urea groups is 1. The number of hydrogen-bond donors (Lipinski definition) is 3. The second-order valence-corrected chi connectivity index (χ2v) is 5.35. The number of rotatable bonds is 3. The highest BCUT2D eigenvalue weighted by Gasteiger charge is 2.43. The maximum Gasteiger partial charge on any atom is 0.318 e. The van der Waals surface area contributed by atoms with Gasteiger partial charge in [-0.2, -0.15) is 0 Å². The van der Waals surface area contributed by atoms with Crippen LogP contribution in [0.15, 0.2) is 0 Å². The Morgan fingerprint density at radius 3 is 2.60 bits per heavy atom. The summed E-state index contributed by atoms with van der Waals surface area (Å²) in [6.45, 7) is 1.31. The first kappa shape index (κ1) is 14.3. The fourth-order valence-corrected chi connectivity index (χ4v) is 2.50. The number of carboxylic acid groups (broad SMARTS) is 1. The zero-order chi connectivity index (χ0) is 14.9. The van der Waals surface area contributed by atoms with Crippen LogP contribution < -0.4 is 10.6 Å². The number of amides is 4. The molecule has 1 aliphatic heterocycles. The van der Waals surface area contributed by atoms with Crippen molar-refractivity contribution in [3.8, 4) is 0 Å². The van der Waals surface area contributed by atoms with Crippen molar-refractivity contribution in [1.29, 1.82) is 0 Å². The van der Waals surface area contributed by atoms with Crippen LogP contribution in [0, 0.1) is 0 Å². The van der Waals surface area contributed by atoms with Crippen molar-refractivity contribution < 1.29 is 24.3 Å². The van der Waals surface area contributed by atoms with Crippen LogP contribution in [0.3, 0.4) is 0 Å². The summed E-state index contributed by atoms with van der Waals surface area (Å²) in [5.41, 5.74) is -0.750. The Kier molecular flexibility index (Phi) is 3.65. The molecule has 0 radical (unpaired) electrons. The molecule has 1 unspecified atom stereocenters. The minimum absolute atomic E-state index is 0.152. The maximum atomic E-state index is 12.2. The molecule has 8 nitrogen and oxygen atoms in total. The standard InChI is InChI=1S/C12H17N3O5/c1-7-10(19)13-8(16)6-15(7)11(20)14-12(3-2-4-12)5-9(17)18/h7H,2-6H2,1H3,(H,14,20)(H,17,18)(H,13,16,19). The average molecular weight is 283 g/mol. The van der Waals surface area contributed by atoms with E-state index in [2.05, 4.69) is 10.6 Å². The third-order valence-electron chi connectivity index (χ3n) is 3.86. The Bertz CT molecular complexity index is 472. The van der Waals surface area contributed by atoms with E-state index in [1.807, 2.05) is 0 Å². The summed E-state index contributed by atoms with van der Waals surface area (Å²) in [4.78, 5) is 47.0. The quantitative estimate of drug-likeness (QED) is 0.600. The van der Waals surface area contributed by atoms with Crippen molar-refractivity contribution in [2.24, 2.45) is 0 Å². The van der Waals surface area contributed by atoms with Crippen LogP contribution in [0.25, 0.3) is 0 Å². The summed E-state index contributed by atoms with van der Waals surface area (Å²) in [6.07, 6.45) is 1.88. The van der Waals surface area contributed by atoms with E-state index in [4.69, 9.17) is 5.11 Å². The molecule has 1 heterocycles. The number of carbonyl (C=O) groups excluding carboxylic acids is 3. The Balaban J connectivity index is 2.05. The summed E-state index contributed by atoms with van der Waals surface area (Å²) in [6, 6.07) is -1.32. The molecule has 0 spiro atoms. The van der Waals surface area contributed by atoms with Crippen LogP contribution in [0.5, 0.6) is 0 Å². The SMILES string of the molecule is CC1C(=O)NC(=O)CN1C(=O)NC1(CC(=O)O)CCC1. The molecule has 1 saturated carbocycles. The van der Waals surface area contributed by atoms with Crippen LogP contribution in [0.2, 0.25) is 0 Å². The van der Waals surface area contributed by atoms with Crippen molar-refractivity contribution in [3.05, 3.63) is 0 Å². The zero-order valence-corrected chi connectivity index (χ0v) is 11.1. The number of carbonyl (C=O) groups is 4. The number of nitrogens with one attached hydrogen (secondary N) is 2. The van der Waals surface area contributed by atoms with Crippen molar-refractivity contribution in [2.45, 2.75) is 44.2 Å². The van der Waals surface area contributed by atoms with Crippen molar-refractivity contribution in [2.75, 3.05) is 6.54 Å². The number of carboxylic acids is 1. The number of imide groups is 1. The molecule has 8 heteroatoms. The second kappa shape index (κ2) is 5.10. The van der Waals surface area contributed by atoms with Crippen LogP contribution >= 0.6 is 0 Å². The Hall–Kier alpha value is -2.12. The van der Waals surface area contributed by atoms with Gasteiger partial charge in [0, 0.05) is 0 Å². The number of piperazine rings is 1. The minimum Gasteiger partial charge on any atom is -0.481 e. The van der Waals surface area contributed by atoms with Gasteiger partial charge >= 0.3 is 12.0 Å². The Morgan fingerprint density at radius 1 is 1.45 bits per heavy atom. The van der Waals surface area contributed by atoms with Gasteiger partial charge in [0.2, 0.25) is 11.8 Å². The second-order valence-electron chi connectivity index (χ2n) is 5.35. The van der Waals surface area contributed by atoms with E-state index in [0.29, 0.717) is 12.8 Å². The molecule has 20 heavy (non-hydrogen) atoms. The monoisotopic (exact) mass is 283 g/mol. The zero-order valence-electron chi connectivity index (χ0n) is 11.1. The lowest BCUT2D eigenvalue weighted by Crippen LogP contribution is -2.64. The van der Waals surface area contributed by atoms with Gasteiger partial charge in [0.1, 0.15) is 12.6 Å². The molecule has 1 atom stereocenters. The third kappa shape index (κ3) is 2.73. The average Bonchev–Trinajstić information content (AvgIpc) is 2.30. The van der Waals surface area contributed by atoms with E-state index in [-0.39, 0.29) is 13.0 Å². The fraction of sp³-hybridized carbons (Fsp3) is 0.667. The van der Waals surface area contributed by atoms with E-state index >= 15 is 0 Å². The van der Waals surface area contributed by atoms with Crippen LogP contribution in [0.4, 0.5) is 4.79 Å².